The number of hydrogen-bond donors (Lipinski definition) is 2. The van der Waals surface area contributed by atoms with Crippen molar-refractivity contribution < 1.29 is 0 Å². The van der Waals surface area contributed by atoms with Crippen LogP contribution in [0.15, 0.2) is 55.2 Å². The molecular weight excluding hydrogens is 484 g/mol. The fourth-order valence-electron chi connectivity index (χ4n) is 7.32. The fraction of sp³-hybridized carbons (Fsp3) is 0.516. The van der Waals surface area contributed by atoms with Crippen molar-refractivity contribution >= 4 is 17.2 Å². The minimum Gasteiger partial charge on any atom is -0.335 e. The Balaban J connectivity index is 0.982. The lowest BCUT2D eigenvalue weighted by atomic mass is 9.67. The van der Waals surface area contributed by atoms with E-state index in [0.717, 1.165) is 34.5 Å². The van der Waals surface area contributed by atoms with Gasteiger partial charge in [0.15, 0.2) is 11.5 Å². The van der Waals surface area contributed by atoms with Gasteiger partial charge in [0.05, 0.1) is 29.8 Å². The lowest BCUT2D eigenvalue weighted by Crippen LogP contribution is -2.47. The highest BCUT2D eigenvalue weighted by Crippen LogP contribution is 2.44. The van der Waals surface area contributed by atoms with Gasteiger partial charge in [-0.3, -0.25) is 9.08 Å². The number of aryl methyl sites for hydroxylation is 1. The standard InChI is InChI=1S/C31H40N8/c1-23-3-2-4-24(19-23)28-21-34-29(30-33-15-18-38(28)30)36-25-20-35-39(22-25)27-7-16-37(17-8-27)26-5-9-31(10-6-26)11-13-32-14-12-31/h2-4,15,18-22,26-27,32H,5-14,16-17H2,1H3,(H,34,36). The number of hydrogen-bond acceptors (Lipinski definition) is 6. The van der Waals surface area contributed by atoms with Crippen LogP contribution in [0.2, 0.25) is 0 Å². The number of benzene rings is 1. The Hall–Kier alpha value is -3.23. The van der Waals surface area contributed by atoms with E-state index in [1.165, 1.54) is 83.1 Å². The second-order valence-corrected chi connectivity index (χ2v) is 12.1. The minimum atomic E-state index is 0.458. The molecule has 2 aliphatic heterocycles. The highest BCUT2D eigenvalue weighted by Gasteiger charge is 2.38. The summed E-state index contributed by atoms with van der Waals surface area (Å²) in [4.78, 5) is 12.1. The Morgan fingerprint density at radius 3 is 2.56 bits per heavy atom. The van der Waals surface area contributed by atoms with E-state index in [2.05, 4.69) is 67.0 Å². The zero-order chi connectivity index (χ0) is 26.2. The van der Waals surface area contributed by atoms with Crippen LogP contribution in [0.5, 0.6) is 0 Å². The topological polar surface area (TPSA) is 75.3 Å². The predicted octanol–water partition coefficient (Wildman–Crippen LogP) is 5.59. The molecule has 2 saturated heterocycles. The molecule has 204 valence electrons. The summed E-state index contributed by atoms with van der Waals surface area (Å²) < 4.78 is 4.26. The molecule has 39 heavy (non-hydrogen) atoms. The fourth-order valence-corrected chi connectivity index (χ4v) is 7.32. The molecular formula is C31H40N8. The van der Waals surface area contributed by atoms with Crippen molar-refractivity contribution in [3.63, 3.8) is 0 Å². The quantitative estimate of drug-likeness (QED) is 0.354. The van der Waals surface area contributed by atoms with Crippen molar-refractivity contribution in [1.29, 1.82) is 0 Å². The van der Waals surface area contributed by atoms with Gasteiger partial charge in [-0.2, -0.15) is 5.10 Å². The maximum absolute atomic E-state index is 4.75. The highest BCUT2D eigenvalue weighted by atomic mass is 15.3. The van der Waals surface area contributed by atoms with Gasteiger partial charge in [0.2, 0.25) is 0 Å². The first-order chi connectivity index (χ1) is 19.2. The van der Waals surface area contributed by atoms with E-state index >= 15 is 0 Å². The first-order valence-electron chi connectivity index (χ1n) is 14.8. The zero-order valence-corrected chi connectivity index (χ0v) is 23.0. The summed E-state index contributed by atoms with van der Waals surface area (Å²) in [5.41, 5.74) is 5.81. The number of nitrogens with zero attached hydrogens (tertiary/aromatic N) is 6. The molecule has 2 N–H and O–H groups in total. The summed E-state index contributed by atoms with van der Waals surface area (Å²) in [7, 11) is 0. The lowest BCUT2D eigenvalue weighted by Gasteiger charge is -2.47. The molecule has 5 heterocycles. The molecule has 7 rings (SSSR count). The van der Waals surface area contributed by atoms with Gasteiger partial charge in [-0.05, 0) is 82.9 Å². The number of piperidine rings is 2. The Morgan fingerprint density at radius 2 is 1.77 bits per heavy atom. The third-order valence-electron chi connectivity index (χ3n) is 9.68. The molecule has 1 aliphatic carbocycles. The van der Waals surface area contributed by atoms with Gasteiger partial charge >= 0.3 is 0 Å². The van der Waals surface area contributed by atoms with Gasteiger partial charge in [0.25, 0.3) is 0 Å². The van der Waals surface area contributed by atoms with E-state index in [0.29, 0.717) is 11.5 Å². The second kappa shape index (κ2) is 10.4. The van der Waals surface area contributed by atoms with Crippen molar-refractivity contribution in [2.75, 3.05) is 31.5 Å². The molecule has 0 atom stereocenters. The molecule has 0 unspecified atom stereocenters. The number of imidazole rings is 1. The summed E-state index contributed by atoms with van der Waals surface area (Å²) in [5, 5.41) is 11.8. The van der Waals surface area contributed by atoms with Gasteiger partial charge in [0, 0.05) is 43.3 Å². The van der Waals surface area contributed by atoms with Crippen molar-refractivity contribution in [3.05, 3.63) is 60.8 Å². The van der Waals surface area contributed by atoms with Gasteiger partial charge in [-0.25, -0.2) is 9.97 Å². The van der Waals surface area contributed by atoms with Crippen LogP contribution >= 0.6 is 0 Å². The molecule has 3 fully saturated rings. The van der Waals surface area contributed by atoms with Crippen LogP contribution < -0.4 is 10.6 Å². The molecule has 4 aromatic rings. The third kappa shape index (κ3) is 4.96. The molecule has 8 nitrogen and oxygen atoms in total. The average molecular weight is 525 g/mol. The smallest absolute Gasteiger partial charge is 0.180 e. The second-order valence-electron chi connectivity index (χ2n) is 12.1. The Morgan fingerprint density at radius 1 is 0.949 bits per heavy atom. The number of fused-ring (bicyclic) bond motifs is 1. The number of anilines is 2. The van der Waals surface area contributed by atoms with Crippen molar-refractivity contribution in [2.24, 2.45) is 5.41 Å². The molecule has 0 radical (unpaired) electrons. The van der Waals surface area contributed by atoms with E-state index < -0.39 is 0 Å². The Bertz CT molecular complexity index is 1410. The third-order valence-corrected chi connectivity index (χ3v) is 9.68. The molecule has 1 saturated carbocycles. The van der Waals surface area contributed by atoms with Crippen LogP contribution in [0.1, 0.15) is 63.0 Å². The van der Waals surface area contributed by atoms with Crippen molar-refractivity contribution in [2.45, 2.75) is 70.4 Å². The SMILES string of the molecule is Cc1cccc(-c2cnc(Nc3cnn(C4CCN(C5CCC6(CCNCC6)CC5)CC4)c3)c3nccn23)c1. The normalized spacial score (nSPS) is 21.1. The van der Waals surface area contributed by atoms with Crippen LogP contribution in [0.3, 0.4) is 0 Å². The van der Waals surface area contributed by atoms with Crippen LogP contribution in [0, 0.1) is 12.3 Å². The van der Waals surface area contributed by atoms with E-state index in [4.69, 9.17) is 10.1 Å². The first-order valence-corrected chi connectivity index (χ1v) is 14.8. The molecule has 3 aromatic heterocycles. The number of likely N-dealkylation sites (tertiary alicyclic amines) is 1. The van der Waals surface area contributed by atoms with E-state index in [1.54, 1.807) is 0 Å². The predicted molar refractivity (Wildman–Crippen MR) is 155 cm³/mol. The van der Waals surface area contributed by atoms with E-state index in [9.17, 15) is 0 Å². The Kier molecular flexibility index (Phi) is 6.60. The van der Waals surface area contributed by atoms with Gasteiger partial charge < -0.3 is 15.5 Å². The van der Waals surface area contributed by atoms with Gasteiger partial charge in [-0.1, -0.05) is 23.8 Å². The molecule has 0 amide bonds. The van der Waals surface area contributed by atoms with Crippen molar-refractivity contribution in [3.8, 4) is 11.3 Å². The first kappa shape index (κ1) is 24.8. The average Bonchev–Trinajstić information content (AvgIpc) is 3.65. The van der Waals surface area contributed by atoms with Crippen LogP contribution in [-0.4, -0.2) is 61.3 Å². The maximum atomic E-state index is 4.75. The number of rotatable bonds is 5. The largest absolute Gasteiger partial charge is 0.335 e. The Labute approximate surface area is 230 Å². The van der Waals surface area contributed by atoms with Crippen LogP contribution in [0.25, 0.3) is 16.9 Å². The molecule has 3 aliphatic rings. The minimum absolute atomic E-state index is 0.458. The van der Waals surface area contributed by atoms with E-state index in [1.807, 2.05) is 24.8 Å². The molecule has 1 aromatic carbocycles. The van der Waals surface area contributed by atoms with Crippen LogP contribution in [-0.2, 0) is 0 Å². The molecule has 8 heteroatoms. The number of nitrogens with one attached hydrogen (secondary N) is 2. The van der Waals surface area contributed by atoms with Crippen molar-refractivity contribution in [1.82, 2.24) is 34.4 Å². The lowest BCUT2D eigenvalue weighted by molar-refractivity contribution is 0.0476. The summed E-state index contributed by atoms with van der Waals surface area (Å²) in [6, 6.07) is 9.73. The molecule has 0 bridgehead atoms. The molecule has 1 spiro atoms. The number of aromatic nitrogens is 5. The summed E-state index contributed by atoms with van der Waals surface area (Å²) in [5.74, 6) is 0.745. The summed E-state index contributed by atoms with van der Waals surface area (Å²) in [6.45, 7) is 6.92. The highest BCUT2D eigenvalue weighted by molar-refractivity contribution is 5.73. The monoisotopic (exact) mass is 524 g/mol. The van der Waals surface area contributed by atoms with Crippen LogP contribution in [0.4, 0.5) is 11.5 Å². The zero-order valence-electron chi connectivity index (χ0n) is 23.0. The maximum Gasteiger partial charge on any atom is 0.180 e. The van der Waals surface area contributed by atoms with E-state index in [-0.39, 0.29) is 0 Å². The van der Waals surface area contributed by atoms with Gasteiger partial charge in [0.1, 0.15) is 0 Å². The summed E-state index contributed by atoms with van der Waals surface area (Å²) >= 11 is 0. The summed E-state index contributed by atoms with van der Waals surface area (Å²) in [6.07, 6.45) is 20.5. The van der Waals surface area contributed by atoms with Gasteiger partial charge in [-0.15, -0.1) is 0 Å².